The van der Waals surface area contributed by atoms with E-state index in [4.69, 9.17) is 0 Å². The molecular formula is C18H15F6N7O. The van der Waals surface area contributed by atoms with Gasteiger partial charge in [0.2, 0.25) is 0 Å². The molecule has 1 amide bonds. The van der Waals surface area contributed by atoms with Crippen LogP contribution in [0.25, 0.3) is 17.6 Å². The molecule has 0 atom stereocenters. The van der Waals surface area contributed by atoms with Gasteiger partial charge in [-0.05, 0) is 18.2 Å². The number of alkyl halides is 6. The zero-order valence-corrected chi connectivity index (χ0v) is 16.2. The van der Waals surface area contributed by atoms with Gasteiger partial charge in [0.25, 0.3) is 5.91 Å². The molecule has 0 saturated heterocycles. The smallest absolute Gasteiger partial charge is 0.295 e. The Kier molecular flexibility index (Phi) is 7.51. The van der Waals surface area contributed by atoms with Gasteiger partial charge >= 0.3 is 12.4 Å². The number of aromatic nitrogens is 3. The van der Waals surface area contributed by atoms with Crippen molar-refractivity contribution in [3.8, 4) is 11.4 Å². The van der Waals surface area contributed by atoms with Crippen molar-refractivity contribution in [2.24, 2.45) is 9.98 Å². The molecule has 0 aliphatic rings. The molecule has 1 heterocycles. The predicted octanol–water partition coefficient (Wildman–Crippen LogP) is 3.32. The fourth-order valence-electron chi connectivity index (χ4n) is 2.10. The average molecular weight is 459 g/mol. The summed E-state index contributed by atoms with van der Waals surface area (Å²) in [5.41, 5.74) is 1.13. The lowest BCUT2D eigenvalue weighted by Gasteiger charge is -2.13. The molecule has 0 fully saturated rings. The minimum atomic E-state index is -5.00. The van der Waals surface area contributed by atoms with Gasteiger partial charge in [-0.2, -0.15) is 26.3 Å². The molecule has 0 saturated carbocycles. The summed E-state index contributed by atoms with van der Waals surface area (Å²) in [6, 6.07) is 1.01. The third-order valence-corrected chi connectivity index (χ3v) is 3.51. The minimum absolute atomic E-state index is 0.00466. The van der Waals surface area contributed by atoms with Gasteiger partial charge in [-0.1, -0.05) is 6.58 Å². The molecule has 2 N–H and O–H groups in total. The molecule has 1 aromatic heterocycles. The van der Waals surface area contributed by atoms with Crippen LogP contribution >= 0.6 is 0 Å². The van der Waals surface area contributed by atoms with E-state index in [1.165, 1.54) is 19.5 Å². The standard InChI is InChI=1S/C18H15F6N7O/c1-11(26-5-4-25-2)28-29-15(32)3-6-31-10-27-16(30-31)12-7-13(17(19,20)21)9-14(8-12)18(22,23)24/h3-10,28H,1H2,2H3,(H,29,32)/b6-3-,25-4?,26-5?. The SMILES string of the molecule is C=C(N=CC=NC)NNC(=O)/C=C\n1cnc(-c2cc(C(F)(F)F)cc(C(F)(F)F)c2)n1. The Morgan fingerprint density at radius 3 is 2.25 bits per heavy atom. The quantitative estimate of drug-likeness (QED) is 0.287. The van der Waals surface area contributed by atoms with Crippen LogP contribution in [0.1, 0.15) is 11.1 Å². The Morgan fingerprint density at radius 1 is 1.06 bits per heavy atom. The van der Waals surface area contributed by atoms with Crippen molar-refractivity contribution < 1.29 is 31.1 Å². The van der Waals surface area contributed by atoms with Gasteiger partial charge in [-0.25, -0.2) is 14.7 Å². The second-order valence-corrected chi connectivity index (χ2v) is 5.90. The highest BCUT2D eigenvalue weighted by Crippen LogP contribution is 2.37. The second kappa shape index (κ2) is 9.89. The summed E-state index contributed by atoms with van der Waals surface area (Å²) in [5.74, 6) is -0.981. The fraction of sp³-hybridized carbons (Fsp3) is 0.167. The number of aliphatic imine (C=N–C) groups is 2. The molecule has 2 aromatic rings. The summed E-state index contributed by atoms with van der Waals surface area (Å²) in [5, 5.41) is 3.77. The Balaban J connectivity index is 2.15. The third-order valence-electron chi connectivity index (χ3n) is 3.51. The number of hydrazine groups is 1. The first kappa shape index (κ1) is 24.3. The van der Waals surface area contributed by atoms with E-state index in [9.17, 15) is 31.1 Å². The van der Waals surface area contributed by atoms with Crippen molar-refractivity contribution in [2.45, 2.75) is 12.4 Å². The topological polar surface area (TPSA) is 96.6 Å². The van der Waals surface area contributed by atoms with Gasteiger partial charge < -0.3 is 0 Å². The molecule has 0 aliphatic carbocycles. The van der Waals surface area contributed by atoms with Gasteiger partial charge in [0.15, 0.2) is 5.82 Å². The molecule has 0 spiro atoms. The molecule has 1 aromatic carbocycles. The fourth-order valence-corrected chi connectivity index (χ4v) is 2.10. The van der Waals surface area contributed by atoms with Crippen LogP contribution in [0.5, 0.6) is 0 Å². The van der Waals surface area contributed by atoms with E-state index < -0.39 is 40.8 Å². The Bertz CT molecular complexity index is 1030. The van der Waals surface area contributed by atoms with Crippen molar-refractivity contribution in [1.29, 1.82) is 0 Å². The third kappa shape index (κ3) is 7.07. The molecule has 0 bridgehead atoms. The van der Waals surface area contributed by atoms with E-state index in [0.717, 1.165) is 23.3 Å². The maximum atomic E-state index is 13.0. The van der Waals surface area contributed by atoms with Gasteiger partial charge in [0, 0.05) is 37.3 Å². The minimum Gasteiger partial charge on any atom is -0.295 e. The van der Waals surface area contributed by atoms with Crippen LogP contribution in [-0.4, -0.2) is 40.1 Å². The summed E-state index contributed by atoms with van der Waals surface area (Å²) < 4.78 is 78.9. The number of benzene rings is 1. The largest absolute Gasteiger partial charge is 0.416 e. The first-order valence-electron chi connectivity index (χ1n) is 8.49. The van der Waals surface area contributed by atoms with Crippen LogP contribution < -0.4 is 10.9 Å². The summed E-state index contributed by atoms with van der Waals surface area (Å²) >= 11 is 0. The lowest BCUT2D eigenvalue weighted by molar-refractivity contribution is -0.143. The number of hydrogen-bond donors (Lipinski definition) is 2. The zero-order valence-electron chi connectivity index (χ0n) is 16.2. The van der Waals surface area contributed by atoms with E-state index in [2.05, 4.69) is 37.5 Å². The summed E-state index contributed by atoms with van der Waals surface area (Å²) in [6.07, 6.45) is -4.22. The highest BCUT2D eigenvalue weighted by Gasteiger charge is 2.37. The van der Waals surface area contributed by atoms with E-state index in [-0.39, 0.29) is 11.9 Å². The monoisotopic (exact) mass is 459 g/mol. The van der Waals surface area contributed by atoms with E-state index in [0.29, 0.717) is 12.1 Å². The Hall–Kier alpha value is -3.97. The molecule has 170 valence electrons. The average Bonchev–Trinajstić information content (AvgIpc) is 3.18. The number of halogens is 6. The molecule has 0 radical (unpaired) electrons. The number of nitrogens with one attached hydrogen (secondary N) is 2. The van der Waals surface area contributed by atoms with Crippen LogP contribution in [0.3, 0.4) is 0 Å². The van der Waals surface area contributed by atoms with Gasteiger partial charge in [-0.3, -0.25) is 20.6 Å². The molecule has 8 nitrogen and oxygen atoms in total. The van der Waals surface area contributed by atoms with Gasteiger partial charge in [0.1, 0.15) is 12.1 Å². The van der Waals surface area contributed by atoms with Crippen LogP contribution in [0, 0.1) is 0 Å². The lowest BCUT2D eigenvalue weighted by Crippen LogP contribution is -2.34. The first-order chi connectivity index (χ1) is 14.9. The molecule has 14 heteroatoms. The van der Waals surface area contributed by atoms with Crippen LogP contribution in [0.2, 0.25) is 0 Å². The highest BCUT2D eigenvalue weighted by atomic mass is 19.4. The maximum absolute atomic E-state index is 13.0. The molecule has 2 rings (SSSR count). The first-order valence-corrected chi connectivity index (χ1v) is 8.49. The van der Waals surface area contributed by atoms with Crippen molar-refractivity contribution in [1.82, 2.24) is 25.6 Å². The molecule has 0 unspecified atom stereocenters. The summed E-state index contributed by atoms with van der Waals surface area (Å²) in [4.78, 5) is 22.9. The number of rotatable bonds is 7. The van der Waals surface area contributed by atoms with E-state index in [1.54, 1.807) is 0 Å². The molecule has 0 aliphatic heterocycles. The number of carbonyl (C=O) groups excluding carboxylic acids is 1. The Morgan fingerprint density at radius 2 is 1.69 bits per heavy atom. The van der Waals surface area contributed by atoms with Crippen LogP contribution in [0.4, 0.5) is 26.3 Å². The normalized spacial score (nSPS) is 12.7. The number of nitrogens with zero attached hydrogens (tertiary/aromatic N) is 5. The van der Waals surface area contributed by atoms with Gasteiger partial charge in [0.05, 0.1) is 11.1 Å². The summed E-state index contributed by atoms with van der Waals surface area (Å²) in [6.45, 7) is 3.51. The number of amides is 1. The number of hydrogen-bond acceptors (Lipinski definition) is 6. The molecular weight excluding hydrogens is 444 g/mol. The highest BCUT2D eigenvalue weighted by molar-refractivity contribution is 6.16. The van der Waals surface area contributed by atoms with Crippen molar-refractivity contribution >= 4 is 24.5 Å². The molecule has 32 heavy (non-hydrogen) atoms. The van der Waals surface area contributed by atoms with E-state index >= 15 is 0 Å². The maximum Gasteiger partial charge on any atom is 0.416 e. The Labute approximate surface area is 177 Å². The van der Waals surface area contributed by atoms with Crippen molar-refractivity contribution in [2.75, 3.05) is 7.05 Å². The second-order valence-electron chi connectivity index (χ2n) is 5.90. The van der Waals surface area contributed by atoms with Gasteiger partial charge in [-0.15, -0.1) is 5.10 Å². The predicted molar refractivity (Wildman–Crippen MR) is 104 cm³/mol. The summed E-state index contributed by atoms with van der Waals surface area (Å²) in [7, 11) is 1.53. The van der Waals surface area contributed by atoms with Crippen LogP contribution in [-0.2, 0) is 17.1 Å². The van der Waals surface area contributed by atoms with E-state index in [1.807, 2.05) is 0 Å². The van der Waals surface area contributed by atoms with Crippen molar-refractivity contribution in [3.63, 3.8) is 0 Å². The van der Waals surface area contributed by atoms with Crippen LogP contribution in [0.15, 0.2) is 53.0 Å². The van der Waals surface area contributed by atoms with Crippen molar-refractivity contribution in [3.05, 3.63) is 54.1 Å². The number of carbonyl (C=O) groups is 1. The lowest BCUT2D eigenvalue weighted by atomic mass is 10.0. The zero-order chi connectivity index (χ0) is 23.9.